The van der Waals surface area contributed by atoms with Crippen molar-refractivity contribution in [3.05, 3.63) is 65.5 Å². The molecule has 2 aliphatic rings. The van der Waals surface area contributed by atoms with Crippen LogP contribution in [-0.2, 0) is 4.79 Å². The SMILES string of the molecule is COc1ccc(C(=O)N[C@@H](C(=O)N2CCCCC2)C2CCN(C(=O)c3ccccc3F)CC2)cc1. The molecule has 186 valence electrons. The van der Waals surface area contributed by atoms with Gasteiger partial charge in [0.05, 0.1) is 12.7 Å². The number of nitrogens with zero attached hydrogens (tertiary/aromatic N) is 2. The van der Waals surface area contributed by atoms with E-state index in [2.05, 4.69) is 5.32 Å². The molecule has 0 spiro atoms. The summed E-state index contributed by atoms with van der Waals surface area (Å²) in [6, 6.07) is 12.1. The lowest BCUT2D eigenvalue weighted by Crippen LogP contribution is -2.55. The number of ether oxygens (including phenoxy) is 1. The van der Waals surface area contributed by atoms with Crippen LogP contribution in [0.25, 0.3) is 0 Å². The zero-order chi connectivity index (χ0) is 24.8. The third kappa shape index (κ3) is 5.81. The zero-order valence-electron chi connectivity index (χ0n) is 20.0. The molecule has 35 heavy (non-hydrogen) atoms. The summed E-state index contributed by atoms with van der Waals surface area (Å²) in [6.07, 6.45) is 4.12. The predicted molar refractivity (Wildman–Crippen MR) is 130 cm³/mol. The first-order valence-electron chi connectivity index (χ1n) is 12.3. The Morgan fingerprint density at radius 3 is 2.20 bits per heavy atom. The van der Waals surface area contributed by atoms with E-state index in [0.717, 1.165) is 19.3 Å². The van der Waals surface area contributed by atoms with Gasteiger partial charge < -0.3 is 19.9 Å². The molecule has 0 bridgehead atoms. The summed E-state index contributed by atoms with van der Waals surface area (Å²) in [5, 5.41) is 2.99. The van der Waals surface area contributed by atoms with E-state index in [-0.39, 0.29) is 29.2 Å². The average Bonchev–Trinajstić information content (AvgIpc) is 2.92. The number of piperidine rings is 2. The molecule has 7 nitrogen and oxygen atoms in total. The van der Waals surface area contributed by atoms with E-state index in [1.807, 2.05) is 4.90 Å². The summed E-state index contributed by atoms with van der Waals surface area (Å²) in [5.41, 5.74) is 0.508. The maximum absolute atomic E-state index is 14.1. The van der Waals surface area contributed by atoms with Crippen molar-refractivity contribution in [3.63, 3.8) is 0 Å². The van der Waals surface area contributed by atoms with E-state index >= 15 is 0 Å². The van der Waals surface area contributed by atoms with E-state index in [1.54, 1.807) is 48.4 Å². The lowest BCUT2D eigenvalue weighted by atomic mass is 9.87. The van der Waals surface area contributed by atoms with Gasteiger partial charge in [-0.15, -0.1) is 0 Å². The summed E-state index contributed by atoms with van der Waals surface area (Å²) in [6.45, 7) is 2.19. The summed E-state index contributed by atoms with van der Waals surface area (Å²) >= 11 is 0. The van der Waals surface area contributed by atoms with Crippen LogP contribution < -0.4 is 10.1 Å². The molecule has 2 aromatic rings. The maximum atomic E-state index is 14.1. The summed E-state index contributed by atoms with van der Waals surface area (Å²) in [5.74, 6) is -0.726. The van der Waals surface area contributed by atoms with Gasteiger partial charge >= 0.3 is 0 Å². The lowest BCUT2D eigenvalue weighted by molar-refractivity contribution is -0.136. The number of halogens is 1. The second kappa shape index (κ2) is 11.3. The molecule has 1 N–H and O–H groups in total. The number of hydrogen-bond acceptors (Lipinski definition) is 4. The molecule has 0 saturated carbocycles. The van der Waals surface area contributed by atoms with Crippen LogP contribution in [0.3, 0.4) is 0 Å². The predicted octanol–water partition coefficient (Wildman–Crippen LogP) is 3.50. The number of benzene rings is 2. The number of carbonyl (C=O) groups excluding carboxylic acids is 3. The van der Waals surface area contributed by atoms with E-state index in [1.165, 1.54) is 12.1 Å². The van der Waals surface area contributed by atoms with Crippen LogP contribution in [0.4, 0.5) is 4.39 Å². The van der Waals surface area contributed by atoms with Crippen molar-refractivity contribution >= 4 is 17.7 Å². The topological polar surface area (TPSA) is 79.0 Å². The fourth-order valence-electron chi connectivity index (χ4n) is 4.90. The Kier molecular flexibility index (Phi) is 8.00. The van der Waals surface area contributed by atoms with Crippen LogP contribution in [0.15, 0.2) is 48.5 Å². The molecule has 2 fully saturated rings. The van der Waals surface area contributed by atoms with Crippen molar-refractivity contribution in [1.82, 2.24) is 15.1 Å². The fraction of sp³-hybridized carbons (Fsp3) is 0.444. The van der Waals surface area contributed by atoms with Crippen LogP contribution in [0.2, 0.25) is 0 Å². The molecule has 1 atom stereocenters. The third-order valence-corrected chi connectivity index (χ3v) is 6.98. The molecular formula is C27H32FN3O4. The Hall–Kier alpha value is -3.42. The molecule has 3 amide bonds. The summed E-state index contributed by atoms with van der Waals surface area (Å²) in [7, 11) is 1.56. The number of likely N-dealkylation sites (tertiary alicyclic amines) is 2. The Balaban J connectivity index is 1.47. The Bertz CT molecular complexity index is 1040. The highest BCUT2D eigenvalue weighted by molar-refractivity contribution is 5.98. The number of hydrogen-bond donors (Lipinski definition) is 1. The minimum atomic E-state index is -0.673. The third-order valence-electron chi connectivity index (χ3n) is 6.98. The number of rotatable bonds is 6. The Labute approximate surface area is 205 Å². The van der Waals surface area contributed by atoms with Gasteiger partial charge in [0.15, 0.2) is 0 Å². The molecule has 8 heteroatoms. The summed E-state index contributed by atoms with van der Waals surface area (Å²) in [4.78, 5) is 42.9. The second-order valence-electron chi connectivity index (χ2n) is 9.18. The molecule has 0 aromatic heterocycles. The lowest BCUT2D eigenvalue weighted by Gasteiger charge is -2.38. The van der Waals surface area contributed by atoms with Gasteiger partial charge in [0.2, 0.25) is 5.91 Å². The van der Waals surface area contributed by atoms with Gasteiger partial charge in [0.25, 0.3) is 11.8 Å². The van der Waals surface area contributed by atoms with Crippen molar-refractivity contribution in [2.75, 3.05) is 33.3 Å². The largest absolute Gasteiger partial charge is 0.497 e. The highest BCUT2D eigenvalue weighted by atomic mass is 19.1. The smallest absolute Gasteiger partial charge is 0.256 e. The fourth-order valence-corrected chi connectivity index (χ4v) is 4.90. The van der Waals surface area contributed by atoms with Crippen molar-refractivity contribution in [2.24, 2.45) is 5.92 Å². The van der Waals surface area contributed by atoms with Gasteiger partial charge in [-0.25, -0.2) is 4.39 Å². The first-order chi connectivity index (χ1) is 17.0. The molecule has 2 aliphatic heterocycles. The highest BCUT2D eigenvalue weighted by Crippen LogP contribution is 2.25. The quantitative estimate of drug-likeness (QED) is 0.685. The molecule has 4 rings (SSSR count). The van der Waals surface area contributed by atoms with Crippen LogP contribution in [0.1, 0.15) is 52.8 Å². The van der Waals surface area contributed by atoms with Gasteiger partial charge in [-0.1, -0.05) is 12.1 Å². The molecule has 2 aromatic carbocycles. The molecular weight excluding hydrogens is 449 g/mol. The normalized spacial score (nSPS) is 17.5. The highest BCUT2D eigenvalue weighted by Gasteiger charge is 2.37. The monoisotopic (exact) mass is 481 g/mol. The van der Waals surface area contributed by atoms with Gasteiger partial charge in [0, 0.05) is 31.7 Å². The number of amides is 3. The molecule has 2 heterocycles. The van der Waals surface area contributed by atoms with Crippen LogP contribution in [0.5, 0.6) is 5.75 Å². The van der Waals surface area contributed by atoms with Gasteiger partial charge in [-0.05, 0) is 74.4 Å². The van der Waals surface area contributed by atoms with Crippen LogP contribution >= 0.6 is 0 Å². The average molecular weight is 482 g/mol. The van der Waals surface area contributed by atoms with E-state index in [9.17, 15) is 18.8 Å². The van der Waals surface area contributed by atoms with Crippen molar-refractivity contribution < 1.29 is 23.5 Å². The number of carbonyl (C=O) groups is 3. The van der Waals surface area contributed by atoms with Crippen molar-refractivity contribution in [1.29, 1.82) is 0 Å². The number of nitrogens with one attached hydrogen (secondary N) is 1. The van der Waals surface area contributed by atoms with E-state index < -0.39 is 11.9 Å². The van der Waals surface area contributed by atoms with Crippen LogP contribution in [-0.4, -0.2) is 66.9 Å². The molecule has 2 saturated heterocycles. The second-order valence-corrected chi connectivity index (χ2v) is 9.18. The standard InChI is InChI=1S/C27H32FN3O4/c1-35-21-11-9-20(10-12-21)25(32)29-24(27(34)30-15-5-2-6-16-30)19-13-17-31(18-14-19)26(33)22-7-3-4-8-23(22)28/h3-4,7-12,19,24H,2,5-6,13-18H2,1H3,(H,29,32)/t24-/m1/s1. The first-order valence-corrected chi connectivity index (χ1v) is 12.3. The minimum absolute atomic E-state index is 0.0553. The Morgan fingerprint density at radius 2 is 1.57 bits per heavy atom. The number of methoxy groups -OCH3 is 1. The van der Waals surface area contributed by atoms with E-state index in [0.29, 0.717) is 50.3 Å². The van der Waals surface area contributed by atoms with Gasteiger partial charge in [-0.2, -0.15) is 0 Å². The van der Waals surface area contributed by atoms with Crippen molar-refractivity contribution in [3.8, 4) is 5.75 Å². The summed E-state index contributed by atoms with van der Waals surface area (Å²) < 4.78 is 19.3. The van der Waals surface area contributed by atoms with Crippen molar-refractivity contribution in [2.45, 2.75) is 38.1 Å². The van der Waals surface area contributed by atoms with Gasteiger partial charge in [-0.3, -0.25) is 14.4 Å². The van der Waals surface area contributed by atoms with E-state index in [4.69, 9.17) is 4.74 Å². The first kappa shape index (κ1) is 24.7. The Morgan fingerprint density at radius 1 is 0.914 bits per heavy atom. The molecule has 0 aliphatic carbocycles. The van der Waals surface area contributed by atoms with Gasteiger partial charge in [0.1, 0.15) is 17.6 Å². The zero-order valence-corrected chi connectivity index (χ0v) is 20.0. The minimum Gasteiger partial charge on any atom is -0.497 e. The molecule has 0 unspecified atom stereocenters. The molecule has 0 radical (unpaired) electrons. The van der Waals surface area contributed by atoms with Crippen LogP contribution in [0, 0.1) is 11.7 Å². The maximum Gasteiger partial charge on any atom is 0.256 e.